The van der Waals surface area contributed by atoms with Crippen LogP contribution in [0.2, 0.25) is 0 Å². The Labute approximate surface area is 167 Å². The Morgan fingerprint density at radius 3 is 2.55 bits per heavy atom. The lowest BCUT2D eigenvalue weighted by atomic mass is 9.97. The Balaban J connectivity index is 1.43. The van der Waals surface area contributed by atoms with Gasteiger partial charge >= 0.3 is 0 Å². The molecular weight excluding hydrogens is 376 g/mol. The number of rotatable bonds is 4. The maximum atomic E-state index is 14.2. The van der Waals surface area contributed by atoms with Crippen molar-refractivity contribution < 1.29 is 13.5 Å². The SMILES string of the molecule is Cc1cc(F)c(N2CCC(COc3cccc4ncc(=O)n(C)c34)CC2)c(F)c1. The Hall–Kier alpha value is -2.96. The first-order chi connectivity index (χ1) is 13.9. The summed E-state index contributed by atoms with van der Waals surface area (Å²) in [5, 5.41) is 0. The summed E-state index contributed by atoms with van der Waals surface area (Å²) in [7, 11) is 1.70. The summed E-state index contributed by atoms with van der Waals surface area (Å²) in [5.41, 5.74) is 1.81. The molecule has 0 saturated carbocycles. The van der Waals surface area contributed by atoms with Crippen LogP contribution in [0, 0.1) is 24.5 Å². The lowest BCUT2D eigenvalue weighted by molar-refractivity contribution is 0.224. The predicted octanol–water partition coefficient (Wildman–Crippen LogP) is 3.82. The molecule has 0 bridgehead atoms. The van der Waals surface area contributed by atoms with Gasteiger partial charge in [0.05, 0.1) is 18.3 Å². The third kappa shape index (κ3) is 3.81. The van der Waals surface area contributed by atoms with Crippen molar-refractivity contribution in [1.29, 1.82) is 0 Å². The predicted molar refractivity (Wildman–Crippen MR) is 109 cm³/mol. The molecule has 0 unspecified atom stereocenters. The summed E-state index contributed by atoms with van der Waals surface area (Å²) < 4.78 is 36.0. The number of halogens is 2. The average Bonchev–Trinajstić information content (AvgIpc) is 2.69. The fourth-order valence-corrected chi connectivity index (χ4v) is 3.92. The van der Waals surface area contributed by atoms with Crippen LogP contribution >= 0.6 is 0 Å². The summed E-state index contributed by atoms with van der Waals surface area (Å²) in [4.78, 5) is 17.9. The van der Waals surface area contributed by atoms with E-state index in [1.807, 2.05) is 18.2 Å². The Kier molecular flexibility index (Phi) is 5.22. The van der Waals surface area contributed by atoms with Crippen LogP contribution in [0.5, 0.6) is 5.75 Å². The first kappa shape index (κ1) is 19.4. The number of hydrogen-bond donors (Lipinski definition) is 0. The van der Waals surface area contributed by atoms with Gasteiger partial charge in [0.1, 0.15) is 28.6 Å². The number of anilines is 1. The van der Waals surface area contributed by atoms with Crippen molar-refractivity contribution in [3.8, 4) is 5.75 Å². The number of ether oxygens (including phenoxy) is 1. The third-order valence-corrected chi connectivity index (χ3v) is 5.52. The minimum Gasteiger partial charge on any atom is -0.491 e. The highest BCUT2D eigenvalue weighted by Crippen LogP contribution is 2.30. The zero-order valence-electron chi connectivity index (χ0n) is 16.5. The molecule has 2 heterocycles. The summed E-state index contributed by atoms with van der Waals surface area (Å²) in [6, 6.07) is 8.25. The molecule has 4 rings (SSSR count). The molecule has 5 nitrogen and oxygen atoms in total. The Morgan fingerprint density at radius 1 is 1.17 bits per heavy atom. The van der Waals surface area contributed by atoms with Gasteiger partial charge in [-0.3, -0.25) is 4.79 Å². The average molecular weight is 399 g/mol. The Morgan fingerprint density at radius 2 is 1.86 bits per heavy atom. The van der Waals surface area contributed by atoms with Gasteiger partial charge in [0.2, 0.25) is 0 Å². The van der Waals surface area contributed by atoms with E-state index in [0.29, 0.717) is 42.0 Å². The minimum atomic E-state index is -0.513. The lowest BCUT2D eigenvalue weighted by Gasteiger charge is -2.34. The zero-order valence-corrected chi connectivity index (χ0v) is 16.5. The van der Waals surface area contributed by atoms with Crippen molar-refractivity contribution in [3.05, 3.63) is 64.1 Å². The van der Waals surface area contributed by atoms with Crippen LogP contribution in [0.4, 0.5) is 14.5 Å². The van der Waals surface area contributed by atoms with Crippen LogP contribution in [-0.4, -0.2) is 29.2 Å². The smallest absolute Gasteiger partial charge is 0.269 e. The molecule has 1 saturated heterocycles. The number of para-hydroxylation sites is 1. The molecule has 1 aliphatic heterocycles. The fourth-order valence-electron chi connectivity index (χ4n) is 3.92. The van der Waals surface area contributed by atoms with Crippen molar-refractivity contribution in [1.82, 2.24) is 9.55 Å². The fraction of sp³-hybridized carbons (Fsp3) is 0.364. The molecule has 1 fully saturated rings. The number of aryl methyl sites for hydroxylation is 2. The van der Waals surface area contributed by atoms with E-state index in [1.165, 1.54) is 22.9 Å². The minimum absolute atomic E-state index is 0.0603. The number of hydrogen-bond acceptors (Lipinski definition) is 4. The molecule has 152 valence electrons. The Bertz CT molecular complexity index is 1080. The second-order valence-corrected chi connectivity index (χ2v) is 7.60. The molecule has 1 aliphatic rings. The number of piperidine rings is 1. The van der Waals surface area contributed by atoms with Crippen LogP contribution in [0.15, 0.2) is 41.3 Å². The molecule has 0 N–H and O–H groups in total. The molecule has 29 heavy (non-hydrogen) atoms. The topological polar surface area (TPSA) is 47.4 Å². The highest BCUT2D eigenvalue weighted by Gasteiger charge is 2.24. The number of aromatic nitrogens is 2. The number of nitrogens with zero attached hydrogens (tertiary/aromatic N) is 3. The summed E-state index contributed by atoms with van der Waals surface area (Å²) in [5.74, 6) is -0.136. The first-order valence-electron chi connectivity index (χ1n) is 9.72. The maximum absolute atomic E-state index is 14.2. The highest BCUT2D eigenvalue weighted by atomic mass is 19.1. The van der Waals surface area contributed by atoms with Crippen molar-refractivity contribution in [2.75, 3.05) is 24.6 Å². The molecule has 0 amide bonds. The third-order valence-electron chi connectivity index (χ3n) is 5.52. The van der Waals surface area contributed by atoms with E-state index in [9.17, 15) is 13.6 Å². The van der Waals surface area contributed by atoms with E-state index in [-0.39, 0.29) is 17.2 Å². The lowest BCUT2D eigenvalue weighted by Crippen LogP contribution is -2.36. The molecule has 0 atom stereocenters. The van der Waals surface area contributed by atoms with Crippen molar-refractivity contribution in [2.45, 2.75) is 19.8 Å². The van der Waals surface area contributed by atoms with E-state index in [2.05, 4.69) is 4.98 Å². The van der Waals surface area contributed by atoms with Crippen LogP contribution in [-0.2, 0) is 7.05 Å². The second kappa shape index (κ2) is 7.81. The molecule has 3 aromatic rings. The molecule has 0 spiro atoms. The van der Waals surface area contributed by atoms with Crippen LogP contribution in [0.25, 0.3) is 11.0 Å². The van der Waals surface area contributed by atoms with Gasteiger partial charge < -0.3 is 14.2 Å². The second-order valence-electron chi connectivity index (χ2n) is 7.60. The van der Waals surface area contributed by atoms with Crippen molar-refractivity contribution >= 4 is 16.7 Å². The van der Waals surface area contributed by atoms with E-state index in [0.717, 1.165) is 12.8 Å². The first-order valence-corrected chi connectivity index (χ1v) is 9.72. The monoisotopic (exact) mass is 399 g/mol. The van der Waals surface area contributed by atoms with Crippen molar-refractivity contribution in [2.24, 2.45) is 13.0 Å². The quantitative estimate of drug-likeness (QED) is 0.669. The number of fused-ring (bicyclic) bond motifs is 1. The van der Waals surface area contributed by atoms with Gasteiger partial charge in [-0.2, -0.15) is 0 Å². The standard InChI is InChI=1S/C22H23F2N3O2/c1-14-10-16(23)21(17(24)11-14)27-8-6-15(7-9-27)13-29-19-5-3-4-18-22(19)26(2)20(28)12-25-18/h3-5,10-12,15H,6-9,13H2,1-2H3. The molecule has 1 aromatic heterocycles. The van der Waals surface area contributed by atoms with E-state index < -0.39 is 11.6 Å². The molecule has 2 aromatic carbocycles. The largest absolute Gasteiger partial charge is 0.491 e. The van der Waals surface area contributed by atoms with E-state index in [1.54, 1.807) is 18.9 Å². The maximum Gasteiger partial charge on any atom is 0.269 e. The van der Waals surface area contributed by atoms with E-state index >= 15 is 0 Å². The van der Waals surface area contributed by atoms with Gasteiger partial charge in [-0.15, -0.1) is 0 Å². The summed E-state index contributed by atoms with van der Waals surface area (Å²) in [6.07, 6.45) is 2.84. The molecular formula is C22H23F2N3O2. The number of benzene rings is 2. The van der Waals surface area contributed by atoms with Gasteiger partial charge in [-0.25, -0.2) is 13.8 Å². The summed E-state index contributed by atoms with van der Waals surface area (Å²) >= 11 is 0. The molecule has 0 aliphatic carbocycles. The van der Waals surface area contributed by atoms with Crippen LogP contribution in [0.1, 0.15) is 18.4 Å². The zero-order chi connectivity index (χ0) is 20.5. The van der Waals surface area contributed by atoms with Gasteiger partial charge in [-0.05, 0) is 55.5 Å². The molecule has 7 heteroatoms. The van der Waals surface area contributed by atoms with E-state index in [4.69, 9.17) is 4.74 Å². The normalized spacial score (nSPS) is 15.1. The van der Waals surface area contributed by atoms with Crippen molar-refractivity contribution in [3.63, 3.8) is 0 Å². The highest BCUT2D eigenvalue weighted by molar-refractivity contribution is 5.81. The van der Waals surface area contributed by atoms with Gasteiger partial charge in [-0.1, -0.05) is 6.07 Å². The molecule has 0 radical (unpaired) electrons. The van der Waals surface area contributed by atoms with Crippen LogP contribution in [0.3, 0.4) is 0 Å². The summed E-state index contributed by atoms with van der Waals surface area (Å²) in [6.45, 7) is 3.30. The van der Waals surface area contributed by atoms with Crippen LogP contribution < -0.4 is 15.2 Å². The van der Waals surface area contributed by atoms with Gasteiger partial charge in [0.15, 0.2) is 0 Å². The van der Waals surface area contributed by atoms with Gasteiger partial charge in [0, 0.05) is 20.1 Å². The van der Waals surface area contributed by atoms with Gasteiger partial charge in [0.25, 0.3) is 5.56 Å².